The van der Waals surface area contributed by atoms with Crippen LogP contribution in [0, 0.1) is 0 Å². The van der Waals surface area contributed by atoms with Gasteiger partial charge in [0.2, 0.25) is 11.5 Å². The second kappa shape index (κ2) is 10.4. The monoisotopic (exact) mass is 674 g/mol. The lowest BCUT2D eigenvalue weighted by atomic mass is 10.1. The van der Waals surface area contributed by atoms with E-state index in [-0.39, 0.29) is 34.1 Å². The van der Waals surface area contributed by atoms with Crippen LogP contribution >= 0.6 is 16.1 Å². The second-order valence-corrected chi connectivity index (χ2v) is 12.1. The number of nitrogen functional groups attached to an aromatic ring is 2. The number of hydrogen-bond acceptors (Lipinski definition) is 19. The maximum absolute atomic E-state index is 13.3. The number of phosphoric ester groups is 1. The van der Waals surface area contributed by atoms with E-state index in [0.717, 1.165) is 21.9 Å². The molecule has 10 N–H and O–H groups in total. The molecule has 7 rings (SSSR count). The van der Waals surface area contributed by atoms with Crippen molar-refractivity contribution in [1.29, 1.82) is 0 Å². The van der Waals surface area contributed by atoms with Crippen molar-refractivity contribution in [2.45, 2.75) is 54.7 Å². The number of rotatable bonds is 9. The molecule has 1 saturated carbocycles. The van der Waals surface area contributed by atoms with Gasteiger partial charge in [0.1, 0.15) is 43.0 Å². The number of aliphatic hydroxyl groups is 3. The third kappa shape index (κ3) is 4.62. The Morgan fingerprint density at radius 1 is 1.13 bits per heavy atom. The summed E-state index contributed by atoms with van der Waals surface area (Å²) in [7, 11) is -8.74. The lowest BCUT2D eigenvalue weighted by molar-refractivity contribution is -0.0971. The van der Waals surface area contributed by atoms with Crippen LogP contribution in [0.15, 0.2) is 17.4 Å². The van der Waals surface area contributed by atoms with Gasteiger partial charge in [-0.25, -0.2) is 19.5 Å². The molecular formula is C19H22N11O13P2+. The predicted molar refractivity (Wildman–Crippen MR) is 140 cm³/mol. The Morgan fingerprint density at radius 2 is 1.91 bits per heavy atom. The number of aromatic amines is 1. The highest BCUT2D eigenvalue weighted by atomic mass is 31.2. The van der Waals surface area contributed by atoms with E-state index in [1.165, 1.54) is 0 Å². The van der Waals surface area contributed by atoms with Crippen LogP contribution in [0.25, 0.3) is 22.3 Å². The third-order valence-electron chi connectivity index (χ3n) is 7.56. The van der Waals surface area contributed by atoms with Crippen molar-refractivity contribution in [3.8, 4) is 0 Å². The first-order chi connectivity index (χ1) is 21.4. The molecule has 3 unspecified atom stereocenters. The molecule has 0 aromatic carbocycles. The molecule has 4 aromatic rings. The Labute approximate surface area is 248 Å². The number of anilines is 2. The summed E-state index contributed by atoms with van der Waals surface area (Å²) >= 11 is 0. The van der Waals surface area contributed by atoms with Crippen LogP contribution in [0.4, 0.5) is 11.8 Å². The van der Waals surface area contributed by atoms with Crippen LogP contribution in [0.3, 0.4) is 0 Å². The number of aromatic nitrogens is 9. The van der Waals surface area contributed by atoms with E-state index in [4.69, 9.17) is 34.5 Å². The van der Waals surface area contributed by atoms with Crippen LogP contribution in [-0.4, -0.2) is 118 Å². The molecule has 26 heteroatoms. The van der Waals surface area contributed by atoms with Crippen LogP contribution in [0.5, 0.6) is 0 Å². The summed E-state index contributed by atoms with van der Waals surface area (Å²) in [5, 5.41) is 39.4. The minimum Gasteiger partial charge on any atom is -0.394 e. The van der Waals surface area contributed by atoms with Crippen molar-refractivity contribution < 1.29 is 57.3 Å². The number of H-pyrrole nitrogens is 1. The number of hydrogen-bond donors (Lipinski definition) is 8. The first kappa shape index (κ1) is 30.0. The molecule has 0 radical (unpaired) electrons. The third-order valence-corrected chi connectivity index (χ3v) is 9.04. The standard InChI is InChI=1S/C19H21N11O13P2/c20-12-5-13(23-2-22-12)30(28-27-5)17-9(33)19(43-44(35)36)10(40-17)11(19)42-45(37,38)41-8-7(32)4(1-31)39-16(8)29-3-24-6-14(29)25-18(21)26-15(6)34/h2-4,7-11,16-17,31-33H,1H2,(H6-,20,21,22,23,25,26,28,34,35,36,37,38)/p+1/t4-,7-,8-,9+,10-,11?,16-,17-,19+/m1/s1. The fraction of sp³-hybridized carbons (Fsp3) is 0.526. The molecule has 4 aromatic heterocycles. The van der Waals surface area contributed by atoms with Crippen LogP contribution in [-0.2, 0) is 32.2 Å². The number of aliphatic hydroxyl groups excluding tert-OH is 3. The Morgan fingerprint density at radius 3 is 2.64 bits per heavy atom. The van der Waals surface area contributed by atoms with E-state index < -0.39 is 82.9 Å². The Hall–Kier alpha value is -3.64. The average molecular weight is 674 g/mol. The summed E-state index contributed by atoms with van der Waals surface area (Å²) in [4.78, 5) is 50.5. The summed E-state index contributed by atoms with van der Waals surface area (Å²) in [6.45, 7) is -0.753. The molecule has 3 aliphatic rings. The van der Waals surface area contributed by atoms with E-state index in [1.807, 2.05) is 0 Å². The van der Waals surface area contributed by atoms with E-state index in [0.29, 0.717) is 0 Å². The Balaban J connectivity index is 1.15. The van der Waals surface area contributed by atoms with Gasteiger partial charge < -0.3 is 41.2 Å². The van der Waals surface area contributed by atoms with Crippen LogP contribution < -0.4 is 17.0 Å². The summed E-state index contributed by atoms with van der Waals surface area (Å²) in [6, 6.07) is 0. The van der Waals surface area contributed by atoms with E-state index in [1.54, 1.807) is 0 Å². The molecule has 2 aliphatic heterocycles. The van der Waals surface area contributed by atoms with Crippen LogP contribution in [0.1, 0.15) is 12.5 Å². The van der Waals surface area contributed by atoms with Crippen molar-refractivity contribution in [1.82, 2.24) is 44.5 Å². The number of fused-ring (bicyclic) bond motifs is 3. The number of nitrogens with two attached hydrogens (primary N) is 2. The topological polar surface area (TPSA) is 354 Å². The maximum atomic E-state index is 13.3. The highest BCUT2D eigenvalue weighted by Crippen LogP contribution is 2.65. The van der Waals surface area contributed by atoms with Gasteiger partial charge in [0.05, 0.1) is 12.9 Å². The average Bonchev–Trinajstić information content (AvgIpc) is 3.47. The number of nitrogens with one attached hydrogen (secondary N) is 1. The van der Waals surface area contributed by atoms with E-state index in [2.05, 4.69) is 35.2 Å². The van der Waals surface area contributed by atoms with Gasteiger partial charge in [-0.15, -0.1) is 14.5 Å². The van der Waals surface area contributed by atoms with Crippen molar-refractivity contribution in [2.24, 2.45) is 0 Å². The summed E-state index contributed by atoms with van der Waals surface area (Å²) in [6.07, 6.45) is -10.5. The minimum absolute atomic E-state index is 0.0255. The molecular weight excluding hydrogens is 652 g/mol. The highest BCUT2D eigenvalue weighted by molar-refractivity contribution is 7.47. The summed E-state index contributed by atoms with van der Waals surface area (Å²) in [5.41, 5.74) is 8.30. The fourth-order valence-electron chi connectivity index (χ4n) is 5.52. The predicted octanol–water partition coefficient (Wildman–Crippen LogP) is -3.68. The van der Waals surface area contributed by atoms with Gasteiger partial charge in [0.15, 0.2) is 40.6 Å². The Kier molecular flexibility index (Phi) is 6.97. The summed E-state index contributed by atoms with van der Waals surface area (Å²) in [5.74, 6) is -0.318. The molecule has 6 heterocycles. The molecule has 1 aliphatic carbocycles. The van der Waals surface area contributed by atoms with Crippen molar-refractivity contribution in [2.75, 3.05) is 18.1 Å². The molecule has 0 spiro atoms. The zero-order chi connectivity index (χ0) is 32.0. The molecule has 0 amide bonds. The van der Waals surface area contributed by atoms with Gasteiger partial charge in [0, 0.05) is 4.57 Å². The summed E-state index contributed by atoms with van der Waals surface area (Å²) < 4.78 is 54.1. The number of nitrogens with zero attached hydrogens (tertiary/aromatic N) is 8. The van der Waals surface area contributed by atoms with Gasteiger partial charge in [-0.05, 0) is 0 Å². The van der Waals surface area contributed by atoms with Gasteiger partial charge in [-0.2, -0.15) is 9.67 Å². The lowest BCUT2D eigenvalue weighted by Crippen LogP contribution is -2.39. The minimum atomic E-state index is -5.31. The molecule has 24 nitrogen and oxygen atoms in total. The lowest BCUT2D eigenvalue weighted by Gasteiger charge is -2.26. The number of imidazole rings is 1. The largest absolute Gasteiger partial charge is 0.695 e. The number of ether oxygens (including phenoxy) is 2. The second-order valence-electron chi connectivity index (χ2n) is 10.1. The molecule has 240 valence electrons. The van der Waals surface area contributed by atoms with E-state index >= 15 is 0 Å². The van der Waals surface area contributed by atoms with Crippen LogP contribution in [0.2, 0.25) is 0 Å². The van der Waals surface area contributed by atoms with Gasteiger partial charge in [-0.1, -0.05) is 5.21 Å². The molecule has 11 atom stereocenters. The van der Waals surface area contributed by atoms with Crippen molar-refractivity contribution in [3.05, 3.63) is 23.0 Å². The van der Waals surface area contributed by atoms with Gasteiger partial charge in [0.25, 0.3) is 5.56 Å². The SMILES string of the molecule is Nc1nc2c(ncn2[C@@H]2O[C@H](CO)[C@@H](O)[C@H]2OP(=O)(O)OC2[C@H]3O[C@@H](n4nnc5c(N)ncnc54)[C@H](O)[C@@]23O[P+](=O)O)c(=O)[nH]1. The van der Waals surface area contributed by atoms with Crippen molar-refractivity contribution in [3.63, 3.8) is 0 Å². The first-order valence-electron chi connectivity index (χ1n) is 12.7. The highest BCUT2D eigenvalue weighted by Gasteiger charge is 2.85. The fourth-order valence-corrected chi connectivity index (χ4v) is 7.25. The van der Waals surface area contributed by atoms with E-state index in [9.17, 15) is 39.0 Å². The Bertz CT molecular complexity index is 1940. The molecule has 3 fully saturated rings. The molecule has 0 bridgehead atoms. The normalized spacial score (nSPS) is 34.3. The van der Waals surface area contributed by atoms with Gasteiger partial charge in [-0.3, -0.25) is 23.4 Å². The van der Waals surface area contributed by atoms with Crippen molar-refractivity contribution >= 4 is 50.2 Å². The van der Waals surface area contributed by atoms with Gasteiger partial charge >= 0.3 is 16.1 Å². The zero-order valence-electron chi connectivity index (χ0n) is 22.1. The number of phosphoric acid groups is 1. The maximum Gasteiger partial charge on any atom is 0.695 e. The first-order valence-corrected chi connectivity index (χ1v) is 15.4. The molecule has 2 saturated heterocycles. The smallest absolute Gasteiger partial charge is 0.394 e. The molecule has 45 heavy (non-hydrogen) atoms. The zero-order valence-corrected chi connectivity index (χ0v) is 23.9. The quantitative estimate of drug-likeness (QED) is 0.0792.